The second-order valence-corrected chi connectivity index (χ2v) is 7.55. The van der Waals surface area contributed by atoms with Gasteiger partial charge in [0.05, 0.1) is 5.92 Å². The lowest BCUT2D eigenvalue weighted by Crippen LogP contribution is -2.37. The van der Waals surface area contributed by atoms with Gasteiger partial charge in [-0.25, -0.2) is 0 Å². The summed E-state index contributed by atoms with van der Waals surface area (Å²) in [6.07, 6.45) is -0.775. The number of hydrogen-bond donors (Lipinski definition) is 2. The molecule has 1 aliphatic heterocycles. The van der Waals surface area contributed by atoms with Crippen molar-refractivity contribution in [3.63, 3.8) is 0 Å². The van der Waals surface area contributed by atoms with E-state index >= 15 is 0 Å². The lowest BCUT2D eigenvalue weighted by molar-refractivity contribution is -0.141. The molecule has 10 heteroatoms. The summed E-state index contributed by atoms with van der Waals surface area (Å²) < 4.78 is 38.4. The van der Waals surface area contributed by atoms with Crippen molar-refractivity contribution in [3.8, 4) is 11.1 Å². The van der Waals surface area contributed by atoms with Gasteiger partial charge in [0.15, 0.2) is 5.69 Å². The van der Waals surface area contributed by atoms with E-state index in [1.165, 1.54) is 4.90 Å². The highest BCUT2D eigenvalue weighted by atomic mass is 19.4. The van der Waals surface area contributed by atoms with E-state index in [9.17, 15) is 22.8 Å². The molecule has 3 heterocycles. The van der Waals surface area contributed by atoms with Crippen LogP contribution in [-0.2, 0) is 17.4 Å². The summed E-state index contributed by atoms with van der Waals surface area (Å²) >= 11 is 0. The predicted molar refractivity (Wildman–Crippen MR) is 109 cm³/mol. The molecule has 0 unspecified atom stereocenters. The van der Waals surface area contributed by atoms with Crippen LogP contribution in [0.2, 0.25) is 0 Å². The number of benzene rings is 1. The molecule has 1 aromatic carbocycles. The molecule has 0 aliphatic carbocycles. The van der Waals surface area contributed by atoms with Gasteiger partial charge in [-0.15, -0.1) is 0 Å². The summed E-state index contributed by atoms with van der Waals surface area (Å²) in [6.45, 7) is 0.496. The van der Waals surface area contributed by atoms with E-state index in [2.05, 4.69) is 15.4 Å². The second kappa shape index (κ2) is 8.81. The van der Waals surface area contributed by atoms with Gasteiger partial charge >= 0.3 is 6.18 Å². The summed E-state index contributed by atoms with van der Waals surface area (Å²) in [4.78, 5) is 30.7. The first-order valence-corrected chi connectivity index (χ1v) is 10.00. The number of amides is 2. The van der Waals surface area contributed by atoms with Crippen LogP contribution in [0.15, 0.2) is 54.9 Å². The fourth-order valence-corrected chi connectivity index (χ4v) is 3.63. The number of carbonyl (C=O) groups excluding carboxylic acids is 2. The van der Waals surface area contributed by atoms with Gasteiger partial charge in [-0.2, -0.15) is 18.3 Å². The fraction of sp³-hybridized carbons (Fsp3) is 0.273. The van der Waals surface area contributed by atoms with Crippen LogP contribution in [0.5, 0.6) is 0 Å². The van der Waals surface area contributed by atoms with Crippen LogP contribution in [0.1, 0.15) is 21.7 Å². The van der Waals surface area contributed by atoms with Gasteiger partial charge in [-0.05, 0) is 29.2 Å². The van der Waals surface area contributed by atoms with E-state index in [-0.39, 0.29) is 31.2 Å². The van der Waals surface area contributed by atoms with Crippen molar-refractivity contribution in [2.75, 3.05) is 19.6 Å². The van der Waals surface area contributed by atoms with E-state index in [1.807, 2.05) is 41.5 Å². The van der Waals surface area contributed by atoms with Gasteiger partial charge in [0, 0.05) is 38.1 Å². The molecule has 2 aromatic heterocycles. The average molecular weight is 443 g/mol. The molecule has 1 fully saturated rings. The zero-order valence-electron chi connectivity index (χ0n) is 16.9. The van der Waals surface area contributed by atoms with E-state index < -0.39 is 23.7 Å². The Labute approximate surface area is 181 Å². The molecule has 2 amide bonds. The average Bonchev–Trinajstić information content (AvgIpc) is 3.22. The fourth-order valence-electron chi connectivity index (χ4n) is 3.63. The summed E-state index contributed by atoms with van der Waals surface area (Å²) in [6, 6.07) is 12.2. The summed E-state index contributed by atoms with van der Waals surface area (Å²) in [7, 11) is 0. The third-order valence-corrected chi connectivity index (χ3v) is 5.31. The zero-order chi connectivity index (χ0) is 22.7. The number of H-pyrrole nitrogens is 1. The molecule has 2 N–H and O–H groups in total. The molecule has 0 radical (unpaired) electrons. The number of hydrogen-bond acceptors (Lipinski definition) is 4. The molecule has 0 bridgehead atoms. The number of pyridine rings is 1. The molecule has 0 saturated carbocycles. The normalized spacial score (nSPS) is 17.0. The number of carbonyl (C=O) groups is 2. The van der Waals surface area contributed by atoms with Crippen molar-refractivity contribution >= 4 is 11.8 Å². The number of aromatic nitrogens is 3. The maximum Gasteiger partial charge on any atom is 0.432 e. The van der Waals surface area contributed by atoms with Crippen molar-refractivity contribution < 1.29 is 22.8 Å². The highest BCUT2D eigenvalue weighted by molar-refractivity contribution is 5.93. The minimum Gasteiger partial charge on any atom is -0.354 e. The maximum absolute atomic E-state index is 12.8. The number of nitrogens with zero attached hydrogens (tertiary/aromatic N) is 3. The number of nitrogens with one attached hydrogen (secondary N) is 2. The Kier molecular flexibility index (Phi) is 5.93. The predicted octanol–water partition coefficient (Wildman–Crippen LogP) is 2.92. The van der Waals surface area contributed by atoms with Crippen LogP contribution in [0.4, 0.5) is 13.2 Å². The third-order valence-electron chi connectivity index (χ3n) is 5.31. The van der Waals surface area contributed by atoms with Crippen molar-refractivity contribution in [1.82, 2.24) is 25.4 Å². The molecule has 3 aromatic rings. The summed E-state index contributed by atoms with van der Waals surface area (Å²) in [5.41, 5.74) is 1.45. The molecule has 1 aliphatic rings. The van der Waals surface area contributed by atoms with Crippen LogP contribution >= 0.6 is 0 Å². The molecule has 32 heavy (non-hydrogen) atoms. The molecule has 1 saturated heterocycles. The third kappa shape index (κ3) is 4.79. The standard InChI is InChI=1S/C22H20F3N5O2/c23-22(24,25)19-11-18(28-29-19)21(32)30-9-8-27-20(31)17(13-30)10-14-3-5-15(6-4-14)16-2-1-7-26-12-16/h1-7,11-12,17H,8-10,13H2,(H,27,31)(H,28,29)/t17-/m0/s1. The van der Waals surface area contributed by atoms with E-state index in [0.717, 1.165) is 16.7 Å². The summed E-state index contributed by atoms with van der Waals surface area (Å²) in [5.74, 6) is -1.38. The minimum atomic E-state index is -4.62. The van der Waals surface area contributed by atoms with Crippen LogP contribution < -0.4 is 5.32 Å². The SMILES string of the molecule is O=C1NCCN(C(=O)c2cc(C(F)(F)F)[nH]n2)C[C@@H]1Cc1ccc(-c2cccnc2)cc1. The Bertz CT molecular complexity index is 1100. The Morgan fingerprint density at radius 3 is 2.59 bits per heavy atom. The lowest BCUT2D eigenvalue weighted by atomic mass is 9.96. The van der Waals surface area contributed by atoms with E-state index in [0.29, 0.717) is 12.5 Å². The quantitative estimate of drug-likeness (QED) is 0.649. The van der Waals surface area contributed by atoms with Crippen LogP contribution in [-0.4, -0.2) is 51.5 Å². The van der Waals surface area contributed by atoms with E-state index in [4.69, 9.17) is 0 Å². The Hall–Kier alpha value is -3.69. The lowest BCUT2D eigenvalue weighted by Gasteiger charge is -2.22. The van der Waals surface area contributed by atoms with Crippen LogP contribution in [0.3, 0.4) is 0 Å². The number of halogens is 3. The zero-order valence-corrected chi connectivity index (χ0v) is 16.9. The summed E-state index contributed by atoms with van der Waals surface area (Å²) in [5, 5.41) is 8.13. The maximum atomic E-state index is 12.8. The molecule has 1 atom stereocenters. The topological polar surface area (TPSA) is 91.0 Å². The van der Waals surface area contributed by atoms with Gasteiger partial charge in [-0.1, -0.05) is 30.3 Å². The highest BCUT2D eigenvalue weighted by Gasteiger charge is 2.35. The first-order chi connectivity index (χ1) is 15.3. The monoisotopic (exact) mass is 443 g/mol. The first kappa shape index (κ1) is 21.5. The van der Waals surface area contributed by atoms with Crippen LogP contribution in [0.25, 0.3) is 11.1 Å². The van der Waals surface area contributed by atoms with Crippen molar-refractivity contribution in [1.29, 1.82) is 0 Å². The van der Waals surface area contributed by atoms with Gasteiger partial charge < -0.3 is 10.2 Å². The molecule has 166 valence electrons. The van der Waals surface area contributed by atoms with Crippen LogP contribution in [0, 0.1) is 5.92 Å². The first-order valence-electron chi connectivity index (χ1n) is 10.00. The van der Waals surface area contributed by atoms with Crippen molar-refractivity contribution in [2.24, 2.45) is 5.92 Å². The van der Waals surface area contributed by atoms with Crippen molar-refractivity contribution in [3.05, 3.63) is 71.8 Å². The van der Waals surface area contributed by atoms with E-state index in [1.54, 1.807) is 12.4 Å². The highest BCUT2D eigenvalue weighted by Crippen LogP contribution is 2.28. The molecular weight excluding hydrogens is 423 g/mol. The Morgan fingerprint density at radius 2 is 1.94 bits per heavy atom. The smallest absolute Gasteiger partial charge is 0.354 e. The van der Waals surface area contributed by atoms with Gasteiger partial charge in [0.2, 0.25) is 5.91 Å². The Balaban J connectivity index is 1.47. The number of aromatic amines is 1. The van der Waals surface area contributed by atoms with Gasteiger partial charge in [0.1, 0.15) is 5.69 Å². The molecule has 7 nitrogen and oxygen atoms in total. The number of alkyl halides is 3. The largest absolute Gasteiger partial charge is 0.432 e. The Morgan fingerprint density at radius 1 is 1.16 bits per heavy atom. The van der Waals surface area contributed by atoms with Crippen molar-refractivity contribution in [2.45, 2.75) is 12.6 Å². The second-order valence-electron chi connectivity index (χ2n) is 7.55. The molecular formula is C22H20F3N5O2. The van der Waals surface area contributed by atoms with Gasteiger partial charge in [-0.3, -0.25) is 19.7 Å². The molecule has 4 rings (SSSR count). The number of rotatable bonds is 4. The van der Waals surface area contributed by atoms with Gasteiger partial charge in [0.25, 0.3) is 5.91 Å². The molecule has 0 spiro atoms. The minimum absolute atomic E-state index is 0.0865.